The van der Waals surface area contributed by atoms with Crippen LogP contribution >= 0.6 is 0 Å². The van der Waals surface area contributed by atoms with E-state index in [1.54, 1.807) is 12.5 Å². The van der Waals surface area contributed by atoms with Gasteiger partial charge in [-0.05, 0) is 31.7 Å². The van der Waals surface area contributed by atoms with Gasteiger partial charge in [0.05, 0.1) is 0 Å². The summed E-state index contributed by atoms with van der Waals surface area (Å²) in [6.07, 6.45) is 13.6. The van der Waals surface area contributed by atoms with Crippen molar-refractivity contribution < 1.29 is 0 Å². The SMILES string of the molecule is CN(c1ccncn1)C1CCN(Cc2cnc(C3CCC3)nc2)CC1. The highest BCUT2D eigenvalue weighted by atomic mass is 15.2. The fourth-order valence-electron chi connectivity index (χ4n) is 3.73. The van der Waals surface area contributed by atoms with E-state index >= 15 is 0 Å². The van der Waals surface area contributed by atoms with E-state index in [4.69, 9.17) is 0 Å². The van der Waals surface area contributed by atoms with Crippen LogP contribution in [0.2, 0.25) is 0 Å². The van der Waals surface area contributed by atoms with Gasteiger partial charge < -0.3 is 4.90 Å². The van der Waals surface area contributed by atoms with Gasteiger partial charge in [-0.3, -0.25) is 4.90 Å². The van der Waals surface area contributed by atoms with E-state index in [9.17, 15) is 0 Å². The Bertz CT molecular complexity index is 662. The standard InChI is InChI=1S/C19H26N6/c1-24(18-5-8-20-14-23-18)17-6-9-25(10-7-17)13-15-11-21-19(22-12-15)16-3-2-4-16/h5,8,11-12,14,16-17H,2-4,6-7,9-10,13H2,1H3. The predicted molar refractivity (Wildman–Crippen MR) is 97.4 cm³/mol. The van der Waals surface area contributed by atoms with Gasteiger partial charge in [-0.15, -0.1) is 0 Å². The number of aromatic nitrogens is 4. The normalized spacial score (nSPS) is 19.6. The molecule has 1 aliphatic heterocycles. The average Bonchev–Trinajstić information content (AvgIpc) is 2.63. The Hall–Kier alpha value is -2.08. The van der Waals surface area contributed by atoms with Gasteiger partial charge in [-0.25, -0.2) is 19.9 Å². The molecule has 1 saturated carbocycles. The maximum Gasteiger partial charge on any atom is 0.131 e. The van der Waals surface area contributed by atoms with Crippen LogP contribution in [0.3, 0.4) is 0 Å². The summed E-state index contributed by atoms with van der Waals surface area (Å²) in [6, 6.07) is 2.52. The Labute approximate surface area is 149 Å². The third kappa shape index (κ3) is 3.79. The van der Waals surface area contributed by atoms with Gasteiger partial charge in [-0.2, -0.15) is 0 Å². The summed E-state index contributed by atoms with van der Waals surface area (Å²) >= 11 is 0. The van der Waals surface area contributed by atoms with Crippen molar-refractivity contribution in [1.29, 1.82) is 0 Å². The molecular weight excluding hydrogens is 312 g/mol. The monoisotopic (exact) mass is 338 g/mol. The quantitative estimate of drug-likeness (QED) is 0.835. The second-order valence-corrected chi connectivity index (χ2v) is 7.26. The first-order chi connectivity index (χ1) is 12.3. The molecule has 1 aliphatic carbocycles. The molecule has 0 atom stereocenters. The largest absolute Gasteiger partial charge is 0.356 e. The molecule has 1 saturated heterocycles. The molecular formula is C19H26N6. The molecule has 3 heterocycles. The Morgan fingerprint density at radius 3 is 2.44 bits per heavy atom. The Kier molecular flexibility index (Phi) is 4.88. The van der Waals surface area contributed by atoms with Crippen LogP contribution in [0, 0.1) is 0 Å². The van der Waals surface area contributed by atoms with Gasteiger partial charge in [0.1, 0.15) is 18.0 Å². The third-order valence-electron chi connectivity index (χ3n) is 5.63. The number of rotatable bonds is 5. The topological polar surface area (TPSA) is 58.0 Å². The van der Waals surface area contributed by atoms with Crippen molar-refractivity contribution in [1.82, 2.24) is 24.8 Å². The van der Waals surface area contributed by atoms with Gasteiger partial charge in [0.15, 0.2) is 0 Å². The van der Waals surface area contributed by atoms with E-state index in [0.29, 0.717) is 12.0 Å². The first kappa shape index (κ1) is 16.4. The van der Waals surface area contributed by atoms with E-state index in [1.165, 1.54) is 24.8 Å². The zero-order valence-electron chi connectivity index (χ0n) is 14.9. The van der Waals surface area contributed by atoms with Crippen molar-refractivity contribution in [2.75, 3.05) is 25.0 Å². The van der Waals surface area contributed by atoms with Gasteiger partial charge in [-0.1, -0.05) is 6.42 Å². The summed E-state index contributed by atoms with van der Waals surface area (Å²) in [4.78, 5) is 22.3. The van der Waals surface area contributed by atoms with Crippen LogP contribution < -0.4 is 4.90 Å². The average molecular weight is 338 g/mol. The molecule has 2 fully saturated rings. The molecule has 2 aliphatic rings. The summed E-state index contributed by atoms with van der Waals surface area (Å²) < 4.78 is 0. The van der Waals surface area contributed by atoms with Crippen LogP contribution in [-0.2, 0) is 6.54 Å². The Morgan fingerprint density at radius 1 is 1.08 bits per heavy atom. The first-order valence-electron chi connectivity index (χ1n) is 9.31. The summed E-state index contributed by atoms with van der Waals surface area (Å²) in [7, 11) is 2.13. The van der Waals surface area contributed by atoms with E-state index in [1.807, 2.05) is 18.5 Å². The highest BCUT2D eigenvalue weighted by Gasteiger charge is 2.24. The number of hydrogen-bond acceptors (Lipinski definition) is 6. The molecule has 132 valence electrons. The summed E-state index contributed by atoms with van der Waals surface area (Å²) in [5, 5.41) is 0. The van der Waals surface area contributed by atoms with Crippen LogP contribution in [0.15, 0.2) is 31.0 Å². The zero-order chi connectivity index (χ0) is 17.1. The van der Waals surface area contributed by atoms with Gasteiger partial charge in [0.25, 0.3) is 0 Å². The van der Waals surface area contributed by atoms with Crippen molar-refractivity contribution in [3.63, 3.8) is 0 Å². The van der Waals surface area contributed by atoms with Gasteiger partial charge in [0, 0.05) is 62.8 Å². The van der Waals surface area contributed by atoms with E-state index in [0.717, 1.165) is 44.1 Å². The number of likely N-dealkylation sites (tertiary alicyclic amines) is 1. The zero-order valence-corrected chi connectivity index (χ0v) is 14.9. The van der Waals surface area contributed by atoms with Crippen molar-refractivity contribution >= 4 is 5.82 Å². The molecule has 0 bridgehead atoms. The fraction of sp³-hybridized carbons (Fsp3) is 0.579. The first-order valence-corrected chi connectivity index (χ1v) is 9.31. The Balaban J connectivity index is 1.28. The lowest BCUT2D eigenvalue weighted by molar-refractivity contribution is 0.202. The molecule has 4 rings (SSSR count). The van der Waals surface area contributed by atoms with Crippen LogP contribution in [0.5, 0.6) is 0 Å². The maximum atomic E-state index is 4.59. The predicted octanol–water partition coefficient (Wildman–Crippen LogP) is 2.63. The van der Waals surface area contributed by atoms with Gasteiger partial charge >= 0.3 is 0 Å². The number of nitrogens with zero attached hydrogens (tertiary/aromatic N) is 6. The lowest BCUT2D eigenvalue weighted by Gasteiger charge is -2.37. The third-order valence-corrected chi connectivity index (χ3v) is 5.63. The molecule has 0 radical (unpaired) electrons. The van der Waals surface area contributed by atoms with Crippen LogP contribution in [0.4, 0.5) is 5.82 Å². The molecule has 6 nitrogen and oxygen atoms in total. The number of piperidine rings is 1. The summed E-state index contributed by atoms with van der Waals surface area (Å²) in [5.41, 5.74) is 1.23. The fourth-order valence-corrected chi connectivity index (χ4v) is 3.73. The minimum Gasteiger partial charge on any atom is -0.356 e. The van der Waals surface area contributed by atoms with Crippen molar-refractivity contribution in [2.45, 2.75) is 50.6 Å². The second-order valence-electron chi connectivity index (χ2n) is 7.26. The minimum atomic E-state index is 0.545. The Morgan fingerprint density at radius 2 is 1.84 bits per heavy atom. The molecule has 0 unspecified atom stereocenters. The van der Waals surface area contributed by atoms with E-state index in [2.05, 4.69) is 36.8 Å². The lowest BCUT2D eigenvalue weighted by atomic mass is 9.85. The molecule has 0 aromatic carbocycles. The van der Waals surface area contributed by atoms with Crippen molar-refractivity contribution in [3.05, 3.63) is 42.4 Å². The minimum absolute atomic E-state index is 0.545. The highest BCUT2D eigenvalue weighted by Crippen LogP contribution is 2.34. The van der Waals surface area contributed by atoms with Crippen molar-refractivity contribution in [2.24, 2.45) is 0 Å². The summed E-state index contributed by atoms with van der Waals surface area (Å²) in [6.45, 7) is 3.16. The van der Waals surface area contributed by atoms with Crippen molar-refractivity contribution in [3.8, 4) is 0 Å². The smallest absolute Gasteiger partial charge is 0.131 e. The molecule has 2 aromatic heterocycles. The molecule has 2 aromatic rings. The van der Waals surface area contributed by atoms with E-state index in [-0.39, 0.29) is 0 Å². The number of hydrogen-bond donors (Lipinski definition) is 0. The van der Waals surface area contributed by atoms with Crippen LogP contribution in [-0.4, -0.2) is 51.0 Å². The summed E-state index contributed by atoms with van der Waals surface area (Å²) in [5.74, 6) is 2.66. The van der Waals surface area contributed by atoms with Crippen LogP contribution in [0.1, 0.15) is 49.4 Å². The molecule has 0 N–H and O–H groups in total. The van der Waals surface area contributed by atoms with Gasteiger partial charge in [0.2, 0.25) is 0 Å². The van der Waals surface area contributed by atoms with Crippen LogP contribution in [0.25, 0.3) is 0 Å². The highest BCUT2D eigenvalue weighted by molar-refractivity contribution is 5.36. The molecule has 25 heavy (non-hydrogen) atoms. The molecule has 6 heteroatoms. The number of anilines is 1. The molecule has 0 spiro atoms. The van der Waals surface area contributed by atoms with E-state index < -0.39 is 0 Å². The lowest BCUT2D eigenvalue weighted by Crippen LogP contribution is -2.43. The maximum absolute atomic E-state index is 4.59. The second kappa shape index (κ2) is 7.44. The molecule has 0 amide bonds.